The van der Waals surface area contributed by atoms with Crippen LogP contribution in [0.2, 0.25) is 0 Å². The number of nitrogens with zero attached hydrogens (tertiary/aromatic N) is 1. The molecule has 5 nitrogen and oxygen atoms in total. The normalized spacial score (nSPS) is 14.5. The minimum absolute atomic E-state index is 0.0559. The smallest absolute Gasteiger partial charge is 0.261 e. The number of amides is 2. The molecule has 1 aliphatic carbocycles. The largest absolute Gasteiger partial charge is 0.484 e. The average molecular weight is 507 g/mol. The fraction of sp³-hybridized carbons (Fsp3) is 0.333. The van der Waals surface area contributed by atoms with Crippen LogP contribution in [0.15, 0.2) is 78.9 Å². The molecule has 1 aliphatic rings. The summed E-state index contributed by atoms with van der Waals surface area (Å²) in [6.45, 7) is -0.462. The number of ether oxygens (including phenoxy) is 1. The second kappa shape index (κ2) is 13.0. The molecule has 2 amide bonds. The Hall–Kier alpha value is -3.74. The van der Waals surface area contributed by atoms with Crippen molar-refractivity contribution in [2.75, 3.05) is 6.61 Å². The van der Waals surface area contributed by atoms with Crippen LogP contribution in [0.3, 0.4) is 0 Å². The summed E-state index contributed by atoms with van der Waals surface area (Å²) >= 11 is 0. The van der Waals surface area contributed by atoms with Gasteiger partial charge in [0.1, 0.15) is 23.4 Å². The first-order valence-corrected chi connectivity index (χ1v) is 12.7. The fourth-order valence-corrected chi connectivity index (χ4v) is 4.67. The van der Waals surface area contributed by atoms with Crippen LogP contribution in [0.4, 0.5) is 8.78 Å². The molecule has 0 saturated heterocycles. The Kier molecular flexibility index (Phi) is 9.24. The van der Waals surface area contributed by atoms with Crippen molar-refractivity contribution in [2.24, 2.45) is 0 Å². The first-order valence-electron chi connectivity index (χ1n) is 12.7. The van der Waals surface area contributed by atoms with Gasteiger partial charge in [0.2, 0.25) is 5.91 Å². The lowest BCUT2D eigenvalue weighted by molar-refractivity contribution is -0.143. The molecule has 7 heteroatoms. The van der Waals surface area contributed by atoms with Gasteiger partial charge in [-0.05, 0) is 48.7 Å². The number of halogens is 2. The molecule has 0 radical (unpaired) electrons. The molecule has 0 aliphatic heterocycles. The third kappa shape index (κ3) is 7.62. The third-order valence-electron chi connectivity index (χ3n) is 6.70. The predicted molar refractivity (Wildman–Crippen MR) is 138 cm³/mol. The average Bonchev–Trinajstić information content (AvgIpc) is 2.92. The van der Waals surface area contributed by atoms with Gasteiger partial charge >= 0.3 is 0 Å². The Balaban J connectivity index is 1.61. The topological polar surface area (TPSA) is 58.6 Å². The van der Waals surface area contributed by atoms with E-state index >= 15 is 0 Å². The molecule has 0 bridgehead atoms. The van der Waals surface area contributed by atoms with Gasteiger partial charge in [0.15, 0.2) is 6.61 Å². The van der Waals surface area contributed by atoms with E-state index in [2.05, 4.69) is 5.32 Å². The molecule has 1 fully saturated rings. The first-order chi connectivity index (χ1) is 18.0. The molecular formula is C30H32F2N2O3. The zero-order chi connectivity index (χ0) is 26.0. The zero-order valence-electron chi connectivity index (χ0n) is 20.7. The van der Waals surface area contributed by atoms with E-state index in [1.54, 1.807) is 18.2 Å². The molecule has 3 aromatic rings. The molecule has 194 valence electrons. The summed E-state index contributed by atoms with van der Waals surface area (Å²) in [5, 5.41) is 3.15. The highest BCUT2D eigenvalue weighted by Crippen LogP contribution is 2.21. The van der Waals surface area contributed by atoms with E-state index in [9.17, 15) is 18.4 Å². The molecule has 37 heavy (non-hydrogen) atoms. The van der Waals surface area contributed by atoms with Crippen molar-refractivity contribution < 1.29 is 23.1 Å². The summed E-state index contributed by atoms with van der Waals surface area (Å²) in [4.78, 5) is 28.6. The third-order valence-corrected chi connectivity index (χ3v) is 6.70. The summed E-state index contributed by atoms with van der Waals surface area (Å²) in [5.74, 6) is -1.27. The Morgan fingerprint density at radius 3 is 2.27 bits per heavy atom. The fourth-order valence-electron chi connectivity index (χ4n) is 4.67. The number of carbonyl (C=O) groups is 2. The molecule has 1 atom stereocenters. The molecule has 0 heterocycles. The summed E-state index contributed by atoms with van der Waals surface area (Å²) in [6, 6.07) is 20.2. The highest BCUT2D eigenvalue weighted by molar-refractivity contribution is 5.88. The zero-order valence-corrected chi connectivity index (χ0v) is 20.7. The van der Waals surface area contributed by atoms with E-state index in [0.717, 1.165) is 37.7 Å². The number of carbonyl (C=O) groups excluding carboxylic acids is 2. The van der Waals surface area contributed by atoms with Crippen molar-refractivity contribution in [3.63, 3.8) is 0 Å². The van der Waals surface area contributed by atoms with E-state index in [0.29, 0.717) is 11.3 Å². The van der Waals surface area contributed by atoms with E-state index in [1.165, 1.54) is 35.2 Å². The lowest BCUT2D eigenvalue weighted by Gasteiger charge is -2.33. The van der Waals surface area contributed by atoms with Crippen molar-refractivity contribution in [1.82, 2.24) is 10.2 Å². The highest BCUT2D eigenvalue weighted by atomic mass is 19.1. The lowest BCUT2D eigenvalue weighted by atomic mass is 9.94. The van der Waals surface area contributed by atoms with Gasteiger partial charge in [-0.25, -0.2) is 8.78 Å². The number of hydrogen-bond acceptors (Lipinski definition) is 3. The van der Waals surface area contributed by atoms with E-state index < -0.39 is 23.6 Å². The molecule has 1 N–H and O–H groups in total. The van der Waals surface area contributed by atoms with Crippen LogP contribution < -0.4 is 10.1 Å². The van der Waals surface area contributed by atoms with Crippen LogP contribution in [-0.2, 0) is 22.6 Å². The van der Waals surface area contributed by atoms with Gasteiger partial charge in [0.05, 0.1) is 0 Å². The lowest BCUT2D eigenvalue weighted by Crippen LogP contribution is -2.53. The van der Waals surface area contributed by atoms with Crippen molar-refractivity contribution in [1.29, 1.82) is 0 Å². The van der Waals surface area contributed by atoms with Gasteiger partial charge < -0.3 is 15.0 Å². The van der Waals surface area contributed by atoms with Gasteiger partial charge in [-0.1, -0.05) is 67.8 Å². The Labute approximate surface area is 216 Å². The summed E-state index contributed by atoms with van der Waals surface area (Å²) in [7, 11) is 0. The van der Waals surface area contributed by atoms with Gasteiger partial charge in [-0.3, -0.25) is 9.59 Å². The van der Waals surface area contributed by atoms with Gasteiger partial charge in [-0.15, -0.1) is 0 Å². The Morgan fingerprint density at radius 2 is 1.57 bits per heavy atom. The molecule has 4 rings (SSSR count). The highest BCUT2D eigenvalue weighted by Gasteiger charge is 2.32. The summed E-state index contributed by atoms with van der Waals surface area (Å²) in [5.41, 5.74) is 1.19. The van der Waals surface area contributed by atoms with Gasteiger partial charge in [0.25, 0.3) is 5.91 Å². The van der Waals surface area contributed by atoms with Crippen LogP contribution in [0.5, 0.6) is 5.75 Å². The number of nitrogens with one attached hydrogen (secondary N) is 1. The van der Waals surface area contributed by atoms with Crippen LogP contribution in [0, 0.1) is 11.6 Å². The maximum absolute atomic E-state index is 14.7. The number of hydrogen-bond donors (Lipinski definition) is 1. The van der Waals surface area contributed by atoms with Crippen LogP contribution >= 0.6 is 0 Å². The molecule has 3 aromatic carbocycles. The minimum Gasteiger partial charge on any atom is -0.484 e. The van der Waals surface area contributed by atoms with E-state index in [4.69, 9.17) is 4.74 Å². The molecule has 0 spiro atoms. The second-order valence-electron chi connectivity index (χ2n) is 9.40. The first kappa shape index (κ1) is 26.3. The quantitative estimate of drug-likeness (QED) is 0.399. The van der Waals surface area contributed by atoms with Crippen LogP contribution in [0.25, 0.3) is 0 Å². The second-order valence-corrected chi connectivity index (χ2v) is 9.40. The van der Waals surface area contributed by atoms with Crippen molar-refractivity contribution >= 4 is 11.8 Å². The standard InChI is InChI=1S/C30H32F2N2O3/c31-24-15-17-26(18-16-24)37-21-29(35)34(20-23-11-7-8-14-27(23)32)28(19-22-9-3-1-4-10-22)30(36)33-25-12-5-2-6-13-25/h1,3-4,7-11,14-18,25,28H,2,5-6,12-13,19-21H2,(H,33,36). The Morgan fingerprint density at radius 1 is 0.892 bits per heavy atom. The molecular weight excluding hydrogens is 474 g/mol. The van der Waals surface area contributed by atoms with E-state index in [1.807, 2.05) is 30.3 Å². The van der Waals surface area contributed by atoms with Crippen molar-refractivity contribution in [2.45, 2.75) is 57.2 Å². The number of rotatable bonds is 10. The van der Waals surface area contributed by atoms with Crippen molar-refractivity contribution in [3.8, 4) is 5.75 Å². The minimum atomic E-state index is -0.867. The molecule has 0 aromatic heterocycles. The molecule has 1 unspecified atom stereocenters. The summed E-state index contributed by atoms with van der Waals surface area (Å²) in [6.07, 6.45) is 5.33. The van der Waals surface area contributed by atoms with E-state index in [-0.39, 0.29) is 31.5 Å². The predicted octanol–water partition coefficient (Wildman–Crippen LogP) is 5.43. The molecule has 1 saturated carbocycles. The van der Waals surface area contributed by atoms with Crippen molar-refractivity contribution in [3.05, 3.63) is 102 Å². The maximum atomic E-state index is 14.7. The summed E-state index contributed by atoms with van der Waals surface area (Å²) < 4.78 is 33.6. The van der Waals surface area contributed by atoms with Crippen LogP contribution in [0.1, 0.15) is 43.2 Å². The monoisotopic (exact) mass is 506 g/mol. The Bertz CT molecular complexity index is 1160. The van der Waals surface area contributed by atoms with Gasteiger partial charge in [-0.2, -0.15) is 0 Å². The van der Waals surface area contributed by atoms with Gasteiger partial charge in [0, 0.05) is 24.6 Å². The maximum Gasteiger partial charge on any atom is 0.261 e. The number of benzene rings is 3. The SMILES string of the molecule is O=C(NC1CCCCC1)C(Cc1ccccc1)N(Cc1ccccc1F)C(=O)COc1ccc(F)cc1. The van der Waals surface area contributed by atoms with Crippen LogP contribution in [-0.4, -0.2) is 35.4 Å².